The van der Waals surface area contributed by atoms with Crippen LogP contribution in [0.1, 0.15) is 11.1 Å². The van der Waals surface area contributed by atoms with Crippen molar-refractivity contribution in [3.63, 3.8) is 0 Å². The van der Waals surface area contributed by atoms with Crippen LogP contribution in [0.3, 0.4) is 0 Å². The summed E-state index contributed by atoms with van der Waals surface area (Å²) in [4.78, 5) is 23.8. The number of rotatable bonds is 6. The lowest BCUT2D eigenvalue weighted by Crippen LogP contribution is -2.22. The average molecular weight is 368 g/mol. The molecule has 0 unspecified atom stereocenters. The molecule has 0 atom stereocenters. The second-order valence-corrected chi connectivity index (χ2v) is 5.55. The summed E-state index contributed by atoms with van der Waals surface area (Å²) in [5.74, 6) is -1.62. The largest absolute Gasteiger partial charge is 0.497 e. The van der Waals surface area contributed by atoms with Gasteiger partial charge in [0.1, 0.15) is 23.2 Å². The summed E-state index contributed by atoms with van der Waals surface area (Å²) in [5, 5.41) is 11.4. The van der Waals surface area contributed by atoms with Gasteiger partial charge in [-0.1, -0.05) is 18.2 Å². The summed E-state index contributed by atoms with van der Waals surface area (Å²) in [6.45, 7) is 1.07. The maximum absolute atomic E-state index is 13.7. The predicted octanol–water partition coefficient (Wildman–Crippen LogP) is 3.23. The number of ether oxygens (including phenoxy) is 2. The van der Waals surface area contributed by atoms with Gasteiger partial charge in [-0.05, 0) is 48.4 Å². The van der Waals surface area contributed by atoms with Crippen LogP contribution in [-0.4, -0.2) is 25.6 Å². The Hall–Kier alpha value is -3.66. The zero-order chi connectivity index (χ0) is 19.8. The number of carbonyl (C=O) groups is 2. The first-order chi connectivity index (χ1) is 12.9. The SMILES string of the molecule is COc1ccc(/C=C(\C#N)C(=O)OCC(=O)Nc2ccc(C)cc2F)cc1. The molecule has 2 aromatic rings. The first-order valence-corrected chi connectivity index (χ1v) is 7.92. The van der Waals surface area contributed by atoms with Crippen LogP contribution < -0.4 is 10.1 Å². The normalized spacial score (nSPS) is 10.7. The molecular formula is C20H17FN2O4. The van der Waals surface area contributed by atoms with Crippen LogP contribution in [0.4, 0.5) is 10.1 Å². The number of halogens is 1. The number of amides is 1. The minimum atomic E-state index is -0.951. The number of aryl methyl sites for hydroxylation is 1. The molecule has 0 spiro atoms. The van der Waals surface area contributed by atoms with E-state index in [2.05, 4.69) is 5.32 Å². The molecule has 0 aliphatic rings. The minimum absolute atomic E-state index is 0.0177. The number of anilines is 1. The summed E-state index contributed by atoms with van der Waals surface area (Å²) in [7, 11) is 1.52. The fourth-order valence-corrected chi connectivity index (χ4v) is 2.12. The van der Waals surface area contributed by atoms with Crippen molar-refractivity contribution in [3.8, 4) is 11.8 Å². The third kappa shape index (κ3) is 5.68. The van der Waals surface area contributed by atoms with Crippen molar-refractivity contribution >= 4 is 23.6 Å². The van der Waals surface area contributed by atoms with Crippen LogP contribution in [0.25, 0.3) is 6.08 Å². The highest BCUT2D eigenvalue weighted by Gasteiger charge is 2.14. The van der Waals surface area contributed by atoms with Crippen molar-refractivity contribution in [2.24, 2.45) is 0 Å². The van der Waals surface area contributed by atoms with Crippen molar-refractivity contribution in [2.75, 3.05) is 19.0 Å². The van der Waals surface area contributed by atoms with E-state index in [1.165, 1.54) is 25.3 Å². The number of hydrogen-bond donors (Lipinski definition) is 1. The Balaban J connectivity index is 1.96. The number of hydrogen-bond acceptors (Lipinski definition) is 5. The molecule has 0 bridgehead atoms. The van der Waals surface area contributed by atoms with E-state index in [9.17, 15) is 14.0 Å². The summed E-state index contributed by atoms with van der Waals surface area (Å²) in [5.41, 5.74) is 1.01. The van der Waals surface area contributed by atoms with Crippen molar-refractivity contribution in [2.45, 2.75) is 6.92 Å². The van der Waals surface area contributed by atoms with Gasteiger partial charge in [-0.2, -0.15) is 5.26 Å². The van der Waals surface area contributed by atoms with Gasteiger partial charge in [0.05, 0.1) is 12.8 Å². The zero-order valence-corrected chi connectivity index (χ0v) is 14.8. The Morgan fingerprint density at radius 1 is 1.22 bits per heavy atom. The van der Waals surface area contributed by atoms with Gasteiger partial charge in [0.2, 0.25) is 0 Å². The molecule has 0 radical (unpaired) electrons. The molecule has 2 aromatic carbocycles. The second kappa shape index (κ2) is 9.15. The molecule has 0 saturated heterocycles. The number of benzene rings is 2. The second-order valence-electron chi connectivity index (χ2n) is 5.55. The maximum atomic E-state index is 13.7. The van der Waals surface area contributed by atoms with Gasteiger partial charge in [-0.3, -0.25) is 4.79 Å². The molecule has 0 aromatic heterocycles. The topological polar surface area (TPSA) is 88.4 Å². The fraction of sp³-hybridized carbons (Fsp3) is 0.150. The molecular weight excluding hydrogens is 351 g/mol. The highest BCUT2D eigenvalue weighted by molar-refractivity contribution is 6.00. The fourth-order valence-electron chi connectivity index (χ4n) is 2.12. The van der Waals surface area contributed by atoms with Gasteiger partial charge in [0.25, 0.3) is 5.91 Å². The zero-order valence-electron chi connectivity index (χ0n) is 14.8. The van der Waals surface area contributed by atoms with E-state index in [0.717, 1.165) is 0 Å². The Kier molecular flexibility index (Phi) is 6.67. The van der Waals surface area contributed by atoms with Crippen LogP contribution >= 0.6 is 0 Å². The van der Waals surface area contributed by atoms with Crippen LogP contribution in [-0.2, 0) is 14.3 Å². The standard InChI is InChI=1S/C20H17FN2O4/c1-13-3-8-18(17(21)9-13)23-19(24)12-27-20(25)15(11-22)10-14-4-6-16(26-2)7-5-14/h3-10H,12H2,1-2H3,(H,23,24)/b15-10+. The first-order valence-electron chi connectivity index (χ1n) is 7.92. The van der Waals surface area contributed by atoms with E-state index in [1.807, 2.05) is 0 Å². The smallest absolute Gasteiger partial charge is 0.349 e. The number of methoxy groups -OCH3 is 1. The molecule has 1 N–H and O–H groups in total. The highest BCUT2D eigenvalue weighted by atomic mass is 19.1. The van der Waals surface area contributed by atoms with Crippen molar-refractivity contribution in [1.29, 1.82) is 5.26 Å². The third-order valence-electron chi connectivity index (χ3n) is 3.50. The lowest BCUT2D eigenvalue weighted by atomic mass is 10.1. The molecule has 138 valence electrons. The van der Waals surface area contributed by atoms with Crippen molar-refractivity contribution in [3.05, 3.63) is 65.0 Å². The van der Waals surface area contributed by atoms with Gasteiger partial charge >= 0.3 is 5.97 Å². The Labute approximate surface area is 155 Å². The molecule has 0 fully saturated rings. The van der Waals surface area contributed by atoms with Crippen molar-refractivity contribution in [1.82, 2.24) is 0 Å². The van der Waals surface area contributed by atoms with Crippen LogP contribution in [0.15, 0.2) is 48.0 Å². The Bertz CT molecular complexity index is 915. The lowest BCUT2D eigenvalue weighted by Gasteiger charge is -2.07. The minimum Gasteiger partial charge on any atom is -0.497 e. The quantitative estimate of drug-likeness (QED) is 0.480. The van der Waals surface area contributed by atoms with Crippen molar-refractivity contribution < 1.29 is 23.5 Å². The Morgan fingerprint density at radius 2 is 1.93 bits per heavy atom. The van der Waals surface area contributed by atoms with E-state index in [-0.39, 0.29) is 11.3 Å². The van der Waals surface area contributed by atoms with E-state index >= 15 is 0 Å². The van der Waals surface area contributed by atoms with E-state index in [0.29, 0.717) is 16.9 Å². The van der Waals surface area contributed by atoms with E-state index in [1.54, 1.807) is 43.3 Å². The van der Waals surface area contributed by atoms with Crippen LogP contribution in [0.5, 0.6) is 5.75 Å². The predicted molar refractivity (Wildman–Crippen MR) is 97.3 cm³/mol. The molecule has 2 rings (SSSR count). The van der Waals surface area contributed by atoms with Gasteiger partial charge in [0, 0.05) is 0 Å². The molecule has 27 heavy (non-hydrogen) atoms. The number of nitrogens with zero attached hydrogens (tertiary/aromatic N) is 1. The maximum Gasteiger partial charge on any atom is 0.349 e. The molecule has 1 amide bonds. The van der Waals surface area contributed by atoms with E-state index < -0.39 is 24.3 Å². The van der Waals surface area contributed by atoms with Gasteiger partial charge in [-0.25, -0.2) is 9.18 Å². The first kappa shape index (κ1) is 19.7. The molecule has 0 heterocycles. The number of esters is 1. The number of nitriles is 1. The van der Waals surface area contributed by atoms with Gasteiger partial charge < -0.3 is 14.8 Å². The lowest BCUT2D eigenvalue weighted by molar-refractivity contribution is -0.142. The highest BCUT2D eigenvalue weighted by Crippen LogP contribution is 2.16. The molecule has 0 aliphatic heterocycles. The van der Waals surface area contributed by atoms with Gasteiger partial charge in [-0.15, -0.1) is 0 Å². The third-order valence-corrected chi connectivity index (χ3v) is 3.50. The molecule has 0 saturated carbocycles. The van der Waals surface area contributed by atoms with E-state index in [4.69, 9.17) is 14.7 Å². The monoisotopic (exact) mass is 368 g/mol. The summed E-state index contributed by atoms with van der Waals surface area (Å²) in [6, 6.07) is 12.7. The summed E-state index contributed by atoms with van der Waals surface area (Å²) < 4.78 is 23.6. The number of carbonyl (C=O) groups excluding carboxylic acids is 2. The molecule has 0 aliphatic carbocycles. The van der Waals surface area contributed by atoms with Crippen LogP contribution in [0, 0.1) is 24.1 Å². The summed E-state index contributed by atoms with van der Waals surface area (Å²) >= 11 is 0. The average Bonchev–Trinajstić information content (AvgIpc) is 2.67. The number of nitrogens with one attached hydrogen (secondary N) is 1. The molecule has 7 heteroatoms. The Morgan fingerprint density at radius 3 is 2.52 bits per heavy atom. The van der Waals surface area contributed by atoms with Gasteiger partial charge in [0.15, 0.2) is 6.61 Å². The summed E-state index contributed by atoms with van der Waals surface area (Å²) in [6.07, 6.45) is 1.33. The molecule has 6 nitrogen and oxygen atoms in total. The van der Waals surface area contributed by atoms with Crippen LogP contribution in [0.2, 0.25) is 0 Å².